The molecule has 0 saturated heterocycles. The molecule has 3 atom stereocenters. The fraction of sp³-hybridized carbons (Fsp3) is 0.750. The maximum atomic E-state index is 5.03. The second-order valence-corrected chi connectivity index (χ2v) is 8.01. The molecule has 2 heterocycles. The highest BCUT2D eigenvalue weighted by molar-refractivity contribution is 5.46. The van der Waals surface area contributed by atoms with Crippen molar-refractivity contribution in [3.63, 3.8) is 0 Å². The monoisotopic (exact) mass is 302 g/mol. The van der Waals surface area contributed by atoms with E-state index in [9.17, 15) is 0 Å². The highest BCUT2D eigenvalue weighted by Gasteiger charge is 2.35. The third-order valence-corrected chi connectivity index (χ3v) is 5.88. The van der Waals surface area contributed by atoms with E-state index in [0.29, 0.717) is 29.7 Å². The predicted octanol–water partition coefficient (Wildman–Crippen LogP) is 5.00. The number of likely N-dealkylation sites (N-methyl/N-ethyl adjacent to an activating group) is 1. The molecule has 1 aliphatic rings. The van der Waals surface area contributed by atoms with E-state index in [0.717, 1.165) is 6.54 Å². The van der Waals surface area contributed by atoms with Crippen molar-refractivity contribution in [2.75, 3.05) is 13.6 Å². The Morgan fingerprint density at radius 1 is 1.05 bits per heavy atom. The zero-order valence-corrected chi connectivity index (χ0v) is 16.0. The number of pyridine rings is 1. The van der Waals surface area contributed by atoms with Gasteiger partial charge in [0.25, 0.3) is 0 Å². The minimum absolute atomic E-state index is 0.486. The minimum Gasteiger partial charge on any atom is -0.302 e. The van der Waals surface area contributed by atoms with Crippen LogP contribution in [0.25, 0.3) is 0 Å². The van der Waals surface area contributed by atoms with Crippen LogP contribution in [0, 0.1) is 19.8 Å². The number of hydrogen-bond acceptors (Lipinski definition) is 2. The van der Waals surface area contributed by atoms with Crippen molar-refractivity contribution < 1.29 is 0 Å². The normalized spacial score (nSPS) is 26.4. The van der Waals surface area contributed by atoms with Gasteiger partial charge in [-0.3, -0.25) is 4.98 Å². The second-order valence-electron chi connectivity index (χ2n) is 8.01. The molecule has 1 aromatic rings. The highest BCUT2D eigenvalue weighted by Crippen LogP contribution is 2.43. The molecule has 1 aromatic heterocycles. The van der Waals surface area contributed by atoms with Crippen LogP contribution in [0.5, 0.6) is 0 Å². The number of fused-ring (bicyclic) bond motifs is 1. The van der Waals surface area contributed by atoms with E-state index in [1.54, 1.807) is 11.1 Å². The van der Waals surface area contributed by atoms with Crippen LogP contribution < -0.4 is 0 Å². The van der Waals surface area contributed by atoms with Crippen LogP contribution >= 0.6 is 0 Å². The molecule has 2 heteroatoms. The van der Waals surface area contributed by atoms with Crippen molar-refractivity contribution in [3.05, 3.63) is 28.1 Å². The van der Waals surface area contributed by atoms with Crippen LogP contribution in [-0.2, 0) is 0 Å². The number of aromatic nitrogens is 1. The summed E-state index contributed by atoms with van der Waals surface area (Å²) in [7, 11) is 2.28. The molecule has 2 nitrogen and oxygen atoms in total. The Morgan fingerprint density at radius 2 is 1.64 bits per heavy atom. The molecule has 1 aliphatic heterocycles. The van der Waals surface area contributed by atoms with Crippen molar-refractivity contribution in [2.24, 2.45) is 5.92 Å². The third kappa shape index (κ3) is 2.82. The average molecular weight is 303 g/mol. The molecule has 22 heavy (non-hydrogen) atoms. The van der Waals surface area contributed by atoms with Gasteiger partial charge in [0.05, 0.1) is 0 Å². The van der Waals surface area contributed by atoms with Crippen molar-refractivity contribution in [1.29, 1.82) is 0 Å². The van der Waals surface area contributed by atoms with Crippen molar-refractivity contribution in [3.8, 4) is 0 Å². The van der Waals surface area contributed by atoms with E-state index in [1.807, 2.05) is 0 Å². The van der Waals surface area contributed by atoms with Gasteiger partial charge in [0.2, 0.25) is 0 Å². The molecule has 0 bridgehead atoms. The number of hydrogen-bond donors (Lipinski definition) is 0. The van der Waals surface area contributed by atoms with E-state index >= 15 is 0 Å². The first-order chi connectivity index (χ1) is 10.2. The fourth-order valence-corrected chi connectivity index (χ4v) is 4.01. The largest absolute Gasteiger partial charge is 0.302 e. The van der Waals surface area contributed by atoms with E-state index in [4.69, 9.17) is 4.98 Å². The van der Waals surface area contributed by atoms with Crippen LogP contribution in [-0.4, -0.2) is 29.5 Å². The molecule has 0 amide bonds. The summed E-state index contributed by atoms with van der Waals surface area (Å²) in [4.78, 5) is 7.58. The maximum Gasteiger partial charge on any atom is 0.0470 e. The average Bonchev–Trinajstić information content (AvgIpc) is 2.53. The molecule has 0 spiro atoms. The van der Waals surface area contributed by atoms with Gasteiger partial charge in [0.15, 0.2) is 0 Å². The van der Waals surface area contributed by atoms with Crippen LogP contribution in [0.1, 0.15) is 87.4 Å². The summed E-state index contributed by atoms with van der Waals surface area (Å²) in [6.45, 7) is 19.7. The molecule has 0 aromatic carbocycles. The molecule has 2 rings (SSSR count). The Balaban J connectivity index is 2.81. The standard InChI is InChI=1S/C20H34N2/c1-11(2)17-10-22(9)16(8)14(6)18-13(5)15(7)21-20(12(3)4)19(17)18/h11-12,14,16-17H,10H2,1-9H3/t14-,16+,17?/m1/s1. The maximum absolute atomic E-state index is 5.03. The number of aryl methyl sites for hydroxylation is 1. The summed E-state index contributed by atoms with van der Waals surface area (Å²) in [6, 6.07) is 0.572. The third-order valence-electron chi connectivity index (χ3n) is 5.88. The fourth-order valence-electron chi connectivity index (χ4n) is 4.01. The SMILES string of the molecule is Cc1nc(C(C)C)c2c(c1C)[C@H](C)[C@H](C)N(C)CC2C(C)C. The molecule has 0 N–H and O–H groups in total. The summed E-state index contributed by atoms with van der Waals surface area (Å²) in [5, 5.41) is 0. The highest BCUT2D eigenvalue weighted by atomic mass is 15.1. The Bertz CT molecular complexity index is 545. The van der Waals surface area contributed by atoms with Gasteiger partial charge < -0.3 is 4.90 Å². The van der Waals surface area contributed by atoms with Crippen molar-refractivity contribution in [2.45, 2.75) is 79.2 Å². The van der Waals surface area contributed by atoms with Crippen molar-refractivity contribution >= 4 is 0 Å². The van der Waals surface area contributed by atoms with Crippen LogP contribution in [0.15, 0.2) is 0 Å². The van der Waals surface area contributed by atoms with E-state index in [2.05, 4.69) is 67.3 Å². The van der Waals surface area contributed by atoms with Crippen molar-refractivity contribution in [1.82, 2.24) is 9.88 Å². The zero-order chi connectivity index (χ0) is 16.8. The predicted molar refractivity (Wildman–Crippen MR) is 95.9 cm³/mol. The van der Waals surface area contributed by atoms with E-state index in [1.165, 1.54) is 17.0 Å². The van der Waals surface area contributed by atoms with Gasteiger partial charge in [-0.05, 0) is 62.3 Å². The van der Waals surface area contributed by atoms with Crippen LogP contribution in [0.3, 0.4) is 0 Å². The Hall–Kier alpha value is -0.890. The lowest BCUT2D eigenvalue weighted by Gasteiger charge is -2.29. The lowest BCUT2D eigenvalue weighted by molar-refractivity contribution is 0.216. The van der Waals surface area contributed by atoms with Gasteiger partial charge in [0, 0.05) is 29.9 Å². The van der Waals surface area contributed by atoms with Gasteiger partial charge in [0.1, 0.15) is 0 Å². The zero-order valence-electron chi connectivity index (χ0n) is 16.0. The van der Waals surface area contributed by atoms with Gasteiger partial charge >= 0.3 is 0 Å². The van der Waals surface area contributed by atoms with E-state index in [-0.39, 0.29) is 0 Å². The van der Waals surface area contributed by atoms with Gasteiger partial charge in [-0.15, -0.1) is 0 Å². The van der Waals surface area contributed by atoms with Gasteiger partial charge in [-0.1, -0.05) is 34.6 Å². The number of rotatable bonds is 2. The van der Waals surface area contributed by atoms with Gasteiger partial charge in [-0.2, -0.15) is 0 Å². The second kappa shape index (κ2) is 6.31. The molecular formula is C20H34N2. The number of nitrogens with zero attached hydrogens (tertiary/aromatic N) is 2. The first kappa shape index (κ1) is 17.5. The molecule has 0 aliphatic carbocycles. The van der Waals surface area contributed by atoms with Crippen LogP contribution in [0.2, 0.25) is 0 Å². The van der Waals surface area contributed by atoms with Gasteiger partial charge in [-0.25, -0.2) is 0 Å². The lowest BCUT2D eigenvalue weighted by Crippen LogP contribution is -2.34. The molecule has 0 saturated carbocycles. The molecule has 0 radical (unpaired) electrons. The quantitative estimate of drug-likeness (QED) is 0.764. The topological polar surface area (TPSA) is 16.1 Å². The summed E-state index contributed by atoms with van der Waals surface area (Å²) in [6.07, 6.45) is 0. The van der Waals surface area contributed by atoms with E-state index < -0.39 is 0 Å². The Labute approximate surface area is 137 Å². The smallest absolute Gasteiger partial charge is 0.0470 e. The summed E-state index contributed by atoms with van der Waals surface area (Å²) in [5.74, 6) is 2.26. The first-order valence-corrected chi connectivity index (χ1v) is 8.87. The summed E-state index contributed by atoms with van der Waals surface area (Å²) < 4.78 is 0. The molecular weight excluding hydrogens is 268 g/mol. The summed E-state index contributed by atoms with van der Waals surface area (Å²) >= 11 is 0. The first-order valence-electron chi connectivity index (χ1n) is 8.87. The Morgan fingerprint density at radius 3 is 2.14 bits per heavy atom. The summed E-state index contributed by atoms with van der Waals surface area (Å²) in [5.41, 5.74) is 7.13. The van der Waals surface area contributed by atoms with Crippen LogP contribution in [0.4, 0.5) is 0 Å². The molecule has 1 unspecified atom stereocenters. The molecule has 0 fully saturated rings. The minimum atomic E-state index is 0.486. The Kier molecular flexibility index (Phi) is 5.01. The lowest BCUT2D eigenvalue weighted by atomic mass is 9.78. The molecule has 124 valence electrons.